The highest BCUT2D eigenvalue weighted by Gasteiger charge is 2.49. The van der Waals surface area contributed by atoms with Crippen LogP contribution in [0, 0.1) is 0 Å². The molecule has 3 rings (SSSR count). The predicted octanol–water partition coefficient (Wildman–Crippen LogP) is 6.36. The summed E-state index contributed by atoms with van der Waals surface area (Å²) in [5, 5.41) is 29.9. The van der Waals surface area contributed by atoms with Gasteiger partial charge >= 0.3 is 48.4 Å². The second kappa shape index (κ2) is 33.7. The highest BCUT2D eigenvalue weighted by atomic mass is 35.6. The number of hydrogen-bond acceptors (Lipinski definition) is 21. The molecule has 0 spiro atoms. The van der Waals surface area contributed by atoms with Crippen molar-refractivity contribution < 1.29 is 95.6 Å². The number of aliphatic hydroxyl groups excluding tert-OH is 1. The van der Waals surface area contributed by atoms with Gasteiger partial charge < -0.3 is 84.0 Å². The lowest BCUT2D eigenvalue weighted by atomic mass is 9.95. The number of carbonyl (C=O) groups is 9. The quantitative estimate of drug-likeness (QED) is 0.0134. The number of aliphatic hydroxyl groups is 1. The van der Waals surface area contributed by atoms with Crippen LogP contribution in [0.3, 0.4) is 0 Å². The van der Waals surface area contributed by atoms with Crippen LogP contribution in [0.5, 0.6) is 5.75 Å². The number of nitrogens with zero attached hydrogens (tertiary/aromatic N) is 2. The number of rotatable bonds is 20. The van der Waals surface area contributed by atoms with E-state index in [1.165, 1.54) is 31.2 Å². The van der Waals surface area contributed by atoms with E-state index in [1.54, 1.807) is 100 Å². The second-order valence-corrected chi connectivity index (χ2v) is 26.7. The maximum absolute atomic E-state index is 14.0. The van der Waals surface area contributed by atoms with Crippen molar-refractivity contribution in [2.75, 3.05) is 39.4 Å². The molecule has 0 aliphatic carbocycles. The minimum atomic E-state index is -2.04. The average molecular weight is 1310 g/mol. The number of hydrogen-bond donors (Lipinski definition) is 8. The van der Waals surface area contributed by atoms with Crippen LogP contribution in [-0.2, 0) is 57.0 Å². The van der Waals surface area contributed by atoms with E-state index in [2.05, 4.69) is 42.2 Å². The predicted molar refractivity (Wildman–Crippen MR) is 320 cm³/mol. The number of nitrogens with one attached hydrogen (secondary N) is 7. The Morgan fingerprint density at radius 1 is 0.682 bits per heavy atom. The van der Waals surface area contributed by atoms with Crippen molar-refractivity contribution in [2.45, 2.75) is 204 Å². The summed E-state index contributed by atoms with van der Waals surface area (Å²) in [7, 11) is 0. The molecule has 8 amide bonds. The Morgan fingerprint density at radius 2 is 1.23 bits per heavy atom. The first kappa shape index (κ1) is 75.5. The zero-order valence-electron chi connectivity index (χ0n) is 52.3. The monoisotopic (exact) mass is 1310 g/mol. The van der Waals surface area contributed by atoms with Gasteiger partial charge in [0.15, 0.2) is 18.4 Å². The third kappa shape index (κ3) is 30.4. The molecule has 0 aromatic heterocycles. The third-order valence-corrected chi connectivity index (χ3v) is 11.7. The first-order chi connectivity index (χ1) is 40.5. The Hall–Kier alpha value is -6.79. The molecule has 0 saturated carbocycles. The first-order valence-corrected chi connectivity index (χ1v) is 29.3. The van der Waals surface area contributed by atoms with Crippen LogP contribution in [0.4, 0.5) is 28.8 Å². The van der Waals surface area contributed by atoms with E-state index < -0.39 is 155 Å². The maximum atomic E-state index is 14.0. The molecule has 2 saturated heterocycles. The van der Waals surface area contributed by atoms with Crippen molar-refractivity contribution in [3.05, 3.63) is 35.9 Å². The van der Waals surface area contributed by atoms with Crippen molar-refractivity contribution in [3.8, 4) is 5.75 Å². The highest BCUT2D eigenvalue weighted by Crippen LogP contribution is 2.29. The van der Waals surface area contributed by atoms with Gasteiger partial charge in [-0.3, -0.25) is 25.0 Å². The lowest BCUT2D eigenvalue weighted by Gasteiger charge is -2.43. The molecule has 29 nitrogen and oxygen atoms in total. The van der Waals surface area contributed by atoms with Crippen LogP contribution in [0.1, 0.15) is 129 Å². The lowest BCUT2D eigenvalue weighted by molar-refractivity contribution is -0.197. The number of aliphatic imine (C=N–C) groups is 1. The van der Waals surface area contributed by atoms with Gasteiger partial charge in [0.2, 0.25) is 21.9 Å². The average Bonchev–Trinajstić information content (AvgIpc) is 0.867. The van der Waals surface area contributed by atoms with Crippen LogP contribution in [0.15, 0.2) is 35.3 Å². The lowest BCUT2D eigenvalue weighted by Crippen LogP contribution is -2.69. The number of carbonyl (C=O) groups excluding carboxylic acids is 9. The normalized spacial score (nSPS) is 21.4. The molecule has 496 valence electrons. The van der Waals surface area contributed by atoms with E-state index in [0.717, 1.165) is 13.8 Å². The second-order valence-electron chi connectivity index (χ2n) is 24.2. The maximum Gasteiger partial charge on any atom is 0.414 e. The molecule has 2 heterocycles. The zero-order valence-corrected chi connectivity index (χ0v) is 54.5. The van der Waals surface area contributed by atoms with Gasteiger partial charge in [-0.25, -0.2) is 33.8 Å². The Morgan fingerprint density at radius 3 is 1.77 bits per heavy atom. The summed E-state index contributed by atoms with van der Waals surface area (Å²) in [5.41, 5.74) is -2.90. The molecule has 32 heteroatoms. The van der Waals surface area contributed by atoms with Crippen LogP contribution >= 0.6 is 34.8 Å². The van der Waals surface area contributed by atoms with Crippen LogP contribution in [0.2, 0.25) is 0 Å². The smallest absolute Gasteiger partial charge is 0.414 e. The number of alkyl carbamates (subject to hydrolysis) is 4. The van der Waals surface area contributed by atoms with E-state index >= 15 is 0 Å². The summed E-state index contributed by atoms with van der Waals surface area (Å²) >= 11 is 17.3. The Kier molecular flexibility index (Phi) is 28.9. The fourth-order valence-electron chi connectivity index (χ4n) is 7.96. The summed E-state index contributed by atoms with van der Waals surface area (Å²) in [6.45, 7) is 23.7. The number of amides is 8. The molecule has 8 N–H and O–H groups in total. The fraction of sp³-hybridized carbons (Fsp3) is 0.679. The van der Waals surface area contributed by atoms with Gasteiger partial charge in [0, 0.05) is 46.1 Å². The first-order valence-electron chi connectivity index (χ1n) is 28.2. The van der Waals surface area contributed by atoms with Crippen LogP contribution in [0.25, 0.3) is 6.08 Å². The van der Waals surface area contributed by atoms with Gasteiger partial charge in [-0.1, -0.05) is 46.9 Å². The fourth-order valence-corrected chi connectivity index (χ4v) is 8.12. The molecule has 88 heavy (non-hydrogen) atoms. The van der Waals surface area contributed by atoms with Crippen LogP contribution in [-0.4, -0.2) is 191 Å². The van der Waals surface area contributed by atoms with Gasteiger partial charge in [0.05, 0.1) is 18.8 Å². The summed E-state index contributed by atoms with van der Waals surface area (Å²) in [4.78, 5) is 122. The standard InChI is InChI=1S/C56H86Cl3N9O20/c1-31-38(63-46(73)65-43-40(64-48(75)80-30-56(57,58)59)42(83-33(3)70)36(29-79-43)82-32(2)69)41(72)39(62-45(66-49(76)86-53(7,8)9)67-50(77)87-54(10,11)12)44(81-31)84-35-22-19-34(20-23-35)21-24-37(71)60-26-18-28-68(51(78)88-55(13,14)15)27-17-16-25-61-47(74)85-52(4,5)6/h19-24,31,36,38-44,72H,16-18,25-30H2,1-15H3,(H,60,71)(H,61,74)(H,64,75)(H2,63,65,73)(H2,62,66,67,76,77)/b24-21+/t31-,36-,38-,39-,40-,41+,42+,43-,44-/m1/s1. The van der Waals surface area contributed by atoms with Crippen molar-refractivity contribution >= 4 is 101 Å². The molecule has 0 bridgehead atoms. The van der Waals surface area contributed by atoms with Gasteiger partial charge in [0.25, 0.3) is 0 Å². The third-order valence-electron chi connectivity index (χ3n) is 11.3. The van der Waals surface area contributed by atoms with Crippen molar-refractivity contribution in [1.82, 2.24) is 42.1 Å². The molecule has 0 unspecified atom stereocenters. The number of benzene rings is 1. The molecule has 0 radical (unpaired) electrons. The molecule has 1 aromatic carbocycles. The number of halogens is 3. The number of urea groups is 1. The number of unbranched alkanes of at least 4 members (excludes halogenated alkanes) is 1. The highest BCUT2D eigenvalue weighted by molar-refractivity contribution is 6.67. The van der Waals surface area contributed by atoms with E-state index in [-0.39, 0.29) is 18.8 Å². The molecule has 2 aliphatic rings. The zero-order chi connectivity index (χ0) is 66.5. The van der Waals surface area contributed by atoms with Crippen LogP contribution < -0.4 is 42.0 Å². The Balaban J connectivity index is 1.88. The molecule has 2 aliphatic heterocycles. The largest absolute Gasteiger partial charge is 0.462 e. The Bertz CT molecular complexity index is 2570. The number of esters is 2. The SMILES string of the molecule is CC(=O)O[C@@H]1[C@@H](NC(=O)OCC(Cl)(Cl)Cl)[C@H](NC(=O)N[C@H]2[C@H](O)[C@@H](N=C(NC(=O)OC(C)(C)C)NC(=O)OC(C)(C)C)[C@@H](Oc3ccc(/C=C/C(=O)NCCCN(CCCCNC(=O)OC(C)(C)C)C(=O)OC(C)(C)C)cc3)O[C@@H]2C)OC[C@H]1OC(C)=O. The van der Waals surface area contributed by atoms with Gasteiger partial charge in [-0.15, -0.1) is 0 Å². The Labute approximate surface area is 527 Å². The number of guanidine groups is 1. The van der Waals surface area contributed by atoms with Gasteiger partial charge in [-0.2, -0.15) is 0 Å². The molecular weight excluding hydrogens is 1230 g/mol. The minimum Gasteiger partial charge on any atom is -0.462 e. The summed E-state index contributed by atoms with van der Waals surface area (Å²) < 4.78 is 53.7. The summed E-state index contributed by atoms with van der Waals surface area (Å²) in [5.74, 6) is -2.58. The van der Waals surface area contributed by atoms with E-state index in [1.807, 2.05) is 0 Å². The molecular formula is C56H86Cl3N9O20. The molecule has 2 fully saturated rings. The number of ether oxygens (including phenoxy) is 10. The van der Waals surface area contributed by atoms with Crippen molar-refractivity contribution in [2.24, 2.45) is 4.99 Å². The topological polar surface area (TPSA) is 366 Å². The molecule has 9 atom stereocenters. The van der Waals surface area contributed by atoms with Gasteiger partial charge in [0.1, 0.15) is 52.9 Å². The van der Waals surface area contributed by atoms with Crippen molar-refractivity contribution in [3.63, 3.8) is 0 Å². The minimum absolute atomic E-state index is 0.140. The van der Waals surface area contributed by atoms with Gasteiger partial charge in [-0.05, 0) is 133 Å². The number of alkyl halides is 3. The van der Waals surface area contributed by atoms with Crippen molar-refractivity contribution in [1.29, 1.82) is 0 Å². The molecule has 1 aromatic rings. The van der Waals surface area contributed by atoms with E-state index in [0.29, 0.717) is 37.9 Å². The van der Waals surface area contributed by atoms with E-state index in [9.17, 15) is 48.3 Å². The van der Waals surface area contributed by atoms with E-state index in [4.69, 9.17) is 82.2 Å². The summed E-state index contributed by atoms with van der Waals surface area (Å²) in [6, 6.07) is 0.544. The summed E-state index contributed by atoms with van der Waals surface area (Å²) in [6.07, 6.45) is -8.97.